The summed E-state index contributed by atoms with van der Waals surface area (Å²) < 4.78 is 21.2. The van der Waals surface area contributed by atoms with Gasteiger partial charge in [0, 0.05) is 19.9 Å². The molecular formula is C22H22O6. The first-order valence-electron chi connectivity index (χ1n) is 8.50. The topological polar surface area (TPSA) is 71.1 Å². The van der Waals surface area contributed by atoms with E-state index < -0.39 is 11.9 Å². The van der Waals surface area contributed by atoms with Crippen molar-refractivity contribution in [3.05, 3.63) is 71.2 Å². The number of hydrogen-bond donors (Lipinski definition) is 0. The molecule has 0 unspecified atom stereocenters. The second-order valence-corrected chi connectivity index (χ2v) is 5.76. The number of methoxy groups -OCH3 is 2. The predicted octanol–water partition coefficient (Wildman–Crippen LogP) is 4.21. The highest BCUT2D eigenvalue weighted by atomic mass is 16.6. The molecular weight excluding hydrogens is 360 g/mol. The fourth-order valence-corrected chi connectivity index (χ4v) is 2.38. The molecule has 0 aliphatic carbocycles. The Morgan fingerprint density at radius 3 is 1.61 bits per heavy atom. The minimum absolute atomic E-state index is 0.0851. The van der Waals surface area contributed by atoms with Gasteiger partial charge >= 0.3 is 11.9 Å². The lowest BCUT2D eigenvalue weighted by Crippen LogP contribution is -2.07. The van der Waals surface area contributed by atoms with Gasteiger partial charge < -0.3 is 18.9 Å². The number of carbonyl (C=O) groups excluding carboxylic acids is 2. The first kappa shape index (κ1) is 20.8. The number of benzene rings is 2. The van der Waals surface area contributed by atoms with Crippen LogP contribution in [0.2, 0.25) is 0 Å². The molecule has 0 saturated heterocycles. The maximum atomic E-state index is 11.7. The second-order valence-electron chi connectivity index (χ2n) is 5.76. The summed E-state index contributed by atoms with van der Waals surface area (Å²) in [4.78, 5) is 23.3. The molecule has 0 atom stereocenters. The molecule has 0 heterocycles. The van der Waals surface area contributed by atoms with Gasteiger partial charge in [0.2, 0.25) is 0 Å². The summed E-state index contributed by atoms with van der Waals surface area (Å²) in [6, 6.07) is 14.4. The van der Waals surface area contributed by atoms with Crippen LogP contribution in [-0.2, 0) is 19.1 Å². The van der Waals surface area contributed by atoms with Crippen LogP contribution in [0.3, 0.4) is 0 Å². The molecule has 0 spiro atoms. The zero-order chi connectivity index (χ0) is 20.5. The molecule has 0 fully saturated rings. The van der Waals surface area contributed by atoms with E-state index in [4.69, 9.17) is 18.9 Å². The van der Waals surface area contributed by atoms with Gasteiger partial charge in [0.25, 0.3) is 0 Å². The lowest BCUT2D eigenvalue weighted by Gasteiger charge is -2.12. The van der Waals surface area contributed by atoms with Gasteiger partial charge in [-0.1, -0.05) is 30.3 Å². The summed E-state index contributed by atoms with van der Waals surface area (Å²) in [5.41, 5.74) is 1.42. The lowest BCUT2D eigenvalue weighted by atomic mass is 10.1. The van der Waals surface area contributed by atoms with Gasteiger partial charge in [-0.15, -0.1) is 0 Å². The summed E-state index contributed by atoms with van der Waals surface area (Å²) in [5.74, 6) is 0.232. The van der Waals surface area contributed by atoms with Gasteiger partial charge in [-0.05, 0) is 35.4 Å². The molecule has 0 aliphatic heterocycles. The maximum Gasteiger partial charge on any atom is 0.308 e. The van der Waals surface area contributed by atoms with E-state index >= 15 is 0 Å². The molecule has 0 saturated carbocycles. The quantitative estimate of drug-likeness (QED) is 0.406. The molecule has 0 aliphatic rings. The van der Waals surface area contributed by atoms with Crippen LogP contribution in [0.1, 0.15) is 25.0 Å². The minimum Gasteiger partial charge on any atom is -0.497 e. The van der Waals surface area contributed by atoms with Gasteiger partial charge in [0.15, 0.2) is 11.5 Å². The Morgan fingerprint density at radius 2 is 1.18 bits per heavy atom. The van der Waals surface area contributed by atoms with E-state index in [2.05, 4.69) is 0 Å². The molecule has 0 radical (unpaired) electrons. The molecule has 6 heteroatoms. The number of carbonyl (C=O) groups is 2. The fourth-order valence-electron chi connectivity index (χ4n) is 2.38. The van der Waals surface area contributed by atoms with E-state index in [1.165, 1.54) is 28.1 Å². The second kappa shape index (κ2) is 9.97. The predicted molar refractivity (Wildman–Crippen MR) is 105 cm³/mol. The Hall–Kier alpha value is -3.54. The van der Waals surface area contributed by atoms with Gasteiger partial charge in [0.05, 0.1) is 14.2 Å². The van der Waals surface area contributed by atoms with Crippen molar-refractivity contribution in [3.8, 4) is 11.5 Å². The summed E-state index contributed by atoms with van der Waals surface area (Å²) in [6.45, 7) is 2.55. The van der Waals surface area contributed by atoms with Crippen LogP contribution >= 0.6 is 0 Å². The molecule has 146 valence electrons. The smallest absolute Gasteiger partial charge is 0.308 e. The van der Waals surface area contributed by atoms with Crippen LogP contribution in [-0.4, -0.2) is 26.2 Å². The van der Waals surface area contributed by atoms with E-state index in [9.17, 15) is 9.59 Å². The standard InChI is InChI=1S/C22H22O6/c1-15(23)27-21(12-17-8-6-5-7-9-17)22(28-16(2)24)13-18-10-19(25-3)14-20(11-18)26-4/h5-14H,1-4H3/b21-12-,22-13+. The van der Waals surface area contributed by atoms with E-state index in [0.717, 1.165) is 5.56 Å². The normalized spacial score (nSPS) is 11.6. The zero-order valence-corrected chi connectivity index (χ0v) is 16.2. The Labute approximate surface area is 164 Å². The van der Waals surface area contributed by atoms with E-state index in [1.54, 1.807) is 30.4 Å². The highest BCUT2D eigenvalue weighted by Gasteiger charge is 2.15. The maximum absolute atomic E-state index is 11.7. The Balaban J connectivity index is 2.58. The van der Waals surface area contributed by atoms with Crippen molar-refractivity contribution in [2.45, 2.75) is 13.8 Å². The fraction of sp³-hybridized carbons (Fsp3) is 0.182. The van der Waals surface area contributed by atoms with Crippen molar-refractivity contribution < 1.29 is 28.5 Å². The largest absolute Gasteiger partial charge is 0.497 e. The minimum atomic E-state index is -0.549. The van der Waals surface area contributed by atoms with Crippen molar-refractivity contribution >= 4 is 24.1 Å². The van der Waals surface area contributed by atoms with Crippen LogP contribution in [0, 0.1) is 0 Å². The third kappa shape index (κ3) is 6.32. The Morgan fingerprint density at radius 1 is 0.714 bits per heavy atom. The van der Waals surface area contributed by atoms with Crippen molar-refractivity contribution in [1.29, 1.82) is 0 Å². The van der Waals surface area contributed by atoms with Crippen LogP contribution in [0.25, 0.3) is 12.2 Å². The molecule has 0 N–H and O–H groups in total. The van der Waals surface area contributed by atoms with Crippen LogP contribution in [0.15, 0.2) is 60.0 Å². The Bertz CT molecular complexity index is 874. The number of rotatable bonds is 7. The molecule has 6 nitrogen and oxygen atoms in total. The number of ether oxygens (including phenoxy) is 4. The van der Waals surface area contributed by atoms with Crippen molar-refractivity contribution in [2.75, 3.05) is 14.2 Å². The van der Waals surface area contributed by atoms with Gasteiger partial charge in [-0.3, -0.25) is 9.59 Å². The SMILES string of the molecule is COc1cc(/C=C(OC(C)=O)\C(=C\c2ccccc2)OC(C)=O)cc(OC)c1. The van der Waals surface area contributed by atoms with Crippen LogP contribution in [0.5, 0.6) is 11.5 Å². The van der Waals surface area contributed by atoms with Gasteiger partial charge in [-0.2, -0.15) is 0 Å². The van der Waals surface area contributed by atoms with Crippen LogP contribution in [0.4, 0.5) is 0 Å². The highest BCUT2D eigenvalue weighted by Crippen LogP contribution is 2.27. The molecule has 2 rings (SSSR count). The number of hydrogen-bond acceptors (Lipinski definition) is 6. The molecule has 0 aromatic heterocycles. The summed E-state index contributed by atoms with van der Waals surface area (Å²) in [5, 5.41) is 0. The molecule has 2 aromatic rings. The highest BCUT2D eigenvalue weighted by molar-refractivity contribution is 5.75. The molecule has 0 amide bonds. The molecule has 0 bridgehead atoms. The van der Waals surface area contributed by atoms with Crippen molar-refractivity contribution in [2.24, 2.45) is 0 Å². The summed E-state index contributed by atoms with van der Waals surface area (Å²) in [6.07, 6.45) is 3.19. The molecule has 28 heavy (non-hydrogen) atoms. The first-order chi connectivity index (χ1) is 13.4. The molecule has 2 aromatic carbocycles. The van der Waals surface area contributed by atoms with Crippen molar-refractivity contribution in [3.63, 3.8) is 0 Å². The summed E-state index contributed by atoms with van der Waals surface area (Å²) in [7, 11) is 3.07. The van der Waals surface area contributed by atoms with Gasteiger partial charge in [0.1, 0.15) is 11.5 Å². The van der Waals surface area contributed by atoms with E-state index in [1.807, 2.05) is 30.3 Å². The average molecular weight is 382 g/mol. The third-order valence-electron chi connectivity index (χ3n) is 3.52. The van der Waals surface area contributed by atoms with Gasteiger partial charge in [-0.25, -0.2) is 0 Å². The number of esters is 2. The average Bonchev–Trinajstić information content (AvgIpc) is 2.66. The van der Waals surface area contributed by atoms with Crippen LogP contribution < -0.4 is 9.47 Å². The first-order valence-corrected chi connectivity index (χ1v) is 8.50. The zero-order valence-electron chi connectivity index (χ0n) is 16.2. The summed E-state index contributed by atoms with van der Waals surface area (Å²) >= 11 is 0. The Kier molecular flexibility index (Phi) is 7.39. The van der Waals surface area contributed by atoms with E-state index in [-0.39, 0.29) is 11.5 Å². The van der Waals surface area contributed by atoms with E-state index in [0.29, 0.717) is 17.1 Å². The van der Waals surface area contributed by atoms with Crippen molar-refractivity contribution in [1.82, 2.24) is 0 Å². The monoisotopic (exact) mass is 382 g/mol. The lowest BCUT2D eigenvalue weighted by molar-refractivity contribution is -0.141. The third-order valence-corrected chi connectivity index (χ3v) is 3.52.